The Morgan fingerprint density at radius 3 is 2.50 bits per heavy atom. The second kappa shape index (κ2) is 8.75. The Bertz CT molecular complexity index is 985. The third-order valence-electron chi connectivity index (χ3n) is 5.62. The minimum atomic E-state index is -0.470. The van der Waals surface area contributed by atoms with E-state index in [-0.39, 0.29) is 23.6 Å². The van der Waals surface area contributed by atoms with E-state index in [0.717, 1.165) is 24.5 Å². The number of nitrogens with one attached hydrogen (secondary N) is 1. The maximum atomic E-state index is 13.4. The summed E-state index contributed by atoms with van der Waals surface area (Å²) < 4.78 is 13.4. The van der Waals surface area contributed by atoms with Crippen molar-refractivity contribution < 1.29 is 18.8 Å². The van der Waals surface area contributed by atoms with Gasteiger partial charge in [0.05, 0.1) is 17.7 Å². The number of benzene rings is 2. The van der Waals surface area contributed by atoms with Crippen LogP contribution < -0.4 is 5.32 Å². The molecule has 1 fully saturated rings. The molecule has 0 unspecified atom stereocenters. The van der Waals surface area contributed by atoms with E-state index < -0.39 is 17.6 Å². The maximum Gasteiger partial charge on any atom is 0.261 e. The second-order valence-electron chi connectivity index (χ2n) is 7.74. The molecule has 2 aliphatic rings. The number of hydrogen-bond donors (Lipinski definition) is 1. The van der Waals surface area contributed by atoms with Crippen LogP contribution in [0.3, 0.4) is 0 Å². The first-order valence-electron chi connectivity index (χ1n) is 10.3. The Labute approximate surface area is 174 Å². The van der Waals surface area contributed by atoms with Crippen molar-refractivity contribution in [3.05, 3.63) is 70.5 Å². The average molecular weight is 409 g/mol. The topological polar surface area (TPSA) is 69.7 Å². The third kappa shape index (κ3) is 4.26. The van der Waals surface area contributed by atoms with E-state index >= 15 is 0 Å². The summed E-state index contributed by atoms with van der Waals surface area (Å²) in [7, 11) is 0. The Balaban J connectivity index is 1.41. The van der Waals surface area contributed by atoms with E-state index in [1.165, 1.54) is 49.6 Å². The molecule has 0 aromatic heterocycles. The predicted molar refractivity (Wildman–Crippen MR) is 110 cm³/mol. The number of rotatable bonds is 6. The molecule has 2 aliphatic heterocycles. The highest BCUT2D eigenvalue weighted by Gasteiger charge is 2.36. The van der Waals surface area contributed by atoms with Crippen molar-refractivity contribution in [3.8, 4) is 0 Å². The average Bonchev–Trinajstić information content (AvgIpc) is 2.99. The van der Waals surface area contributed by atoms with Gasteiger partial charge in [0.1, 0.15) is 5.82 Å². The molecule has 7 heteroatoms. The molecule has 1 N–H and O–H groups in total. The number of imide groups is 1. The Hall–Kier alpha value is -3.06. The number of amides is 3. The van der Waals surface area contributed by atoms with Crippen molar-refractivity contribution >= 4 is 17.7 Å². The van der Waals surface area contributed by atoms with Gasteiger partial charge >= 0.3 is 0 Å². The van der Waals surface area contributed by atoms with Crippen molar-refractivity contribution in [2.45, 2.75) is 25.8 Å². The van der Waals surface area contributed by atoms with E-state index in [1.54, 1.807) is 12.1 Å². The van der Waals surface area contributed by atoms with Gasteiger partial charge < -0.3 is 10.2 Å². The molecule has 3 amide bonds. The number of hydrogen-bond acceptors (Lipinski definition) is 4. The molecular formula is C23H24FN3O3. The standard InChI is InChI=1S/C23H24FN3O3/c24-18-6-4-5-16(13-18)15-27-22(29)19-8-7-17(14-20(19)23(27)30)21(28)25-9-12-26-10-2-1-3-11-26/h4-8,13-14H,1-3,9-12,15H2,(H,25,28). The van der Waals surface area contributed by atoms with Crippen LogP contribution in [0.4, 0.5) is 4.39 Å². The van der Waals surface area contributed by atoms with Gasteiger partial charge in [0.25, 0.3) is 17.7 Å². The summed E-state index contributed by atoms with van der Waals surface area (Å²) in [4.78, 5) is 41.3. The lowest BCUT2D eigenvalue weighted by Crippen LogP contribution is -2.37. The molecule has 4 rings (SSSR count). The zero-order valence-corrected chi connectivity index (χ0v) is 16.7. The molecule has 0 radical (unpaired) electrons. The fourth-order valence-electron chi connectivity index (χ4n) is 4.01. The van der Waals surface area contributed by atoms with Crippen LogP contribution in [0.15, 0.2) is 42.5 Å². The molecule has 0 atom stereocenters. The number of likely N-dealkylation sites (tertiary alicyclic amines) is 1. The summed E-state index contributed by atoms with van der Waals surface area (Å²) in [6.07, 6.45) is 3.66. The van der Waals surface area contributed by atoms with Gasteiger partial charge in [-0.2, -0.15) is 0 Å². The SMILES string of the molecule is O=C(NCCN1CCCCC1)c1ccc2c(c1)C(=O)N(Cc1cccc(F)c1)C2=O. The van der Waals surface area contributed by atoms with E-state index in [4.69, 9.17) is 0 Å². The largest absolute Gasteiger partial charge is 0.351 e. The summed E-state index contributed by atoms with van der Waals surface area (Å²) in [5, 5.41) is 2.89. The van der Waals surface area contributed by atoms with E-state index in [2.05, 4.69) is 10.2 Å². The highest BCUT2D eigenvalue weighted by atomic mass is 19.1. The van der Waals surface area contributed by atoms with Gasteiger partial charge in [0.2, 0.25) is 0 Å². The molecule has 30 heavy (non-hydrogen) atoms. The van der Waals surface area contributed by atoms with Crippen LogP contribution in [0.2, 0.25) is 0 Å². The van der Waals surface area contributed by atoms with Crippen LogP contribution >= 0.6 is 0 Å². The lowest BCUT2D eigenvalue weighted by molar-refractivity contribution is 0.0642. The van der Waals surface area contributed by atoms with Crippen LogP contribution in [-0.2, 0) is 6.54 Å². The number of fused-ring (bicyclic) bond motifs is 1. The Kier molecular flexibility index (Phi) is 5.90. The number of carbonyl (C=O) groups is 3. The molecule has 0 saturated carbocycles. The molecule has 1 saturated heterocycles. The van der Waals surface area contributed by atoms with Gasteiger partial charge in [0.15, 0.2) is 0 Å². The predicted octanol–water partition coefficient (Wildman–Crippen LogP) is 2.84. The van der Waals surface area contributed by atoms with Gasteiger partial charge in [0, 0.05) is 18.7 Å². The molecule has 156 valence electrons. The smallest absolute Gasteiger partial charge is 0.261 e. The molecule has 2 aromatic carbocycles. The highest BCUT2D eigenvalue weighted by Crippen LogP contribution is 2.26. The van der Waals surface area contributed by atoms with Crippen molar-refractivity contribution in [3.63, 3.8) is 0 Å². The number of halogens is 1. The summed E-state index contributed by atoms with van der Waals surface area (Å²) in [6, 6.07) is 10.3. The zero-order chi connectivity index (χ0) is 21.1. The molecule has 0 aliphatic carbocycles. The van der Waals surface area contributed by atoms with E-state index in [9.17, 15) is 18.8 Å². The van der Waals surface area contributed by atoms with Gasteiger partial charge in [-0.25, -0.2) is 4.39 Å². The van der Waals surface area contributed by atoms with Crippen LogP contribution in [0.5, 0.6) is 0 Å². The molecule has 0 bridgehead atoms. The van der Waals surface area contributed by atoms with Crippen LogP contribution in [0.25, 0.3) is 0 Å². The van der Waals surface area contributed by atoms with Gasteiger partial charge in [-0.3, -0.25) is 19.3 Å². The number of piperidine rings is 1. The van der Waals surface area contributed by atoms with Crippen LogP contribution in [-0.4, -0.2) is 53.7 Å². The van der Waals surface area contributed by atoms with Crippen molar-refractivity contribution in [2.24, 2.45) is 0 Å². The molecule has 2 aromatic rings. The molecule has 6 nitrogen and oxygen atoms in total. The van der Waals surface area contributed by atoms with Gasteiger partial charge in [-0.1, -0.05) is 18.6 Å². The quantitative estimate of drug-likeness (QED) is 0.745. The first kappa shape index (κ1) is 20.2. The van der Waals surface area contributed by atoms with E-state index in [0.29, 0.717) is 17.7 Å². The second-order valence-corrected chi connectivity index (χ2v) is 7.74. The first-order valence-corrected chi connectivity index (χ1v) is 10.3. The fourth-order valence-corrected chi connectivity index (χ4v) is 4.01. The first-order chi connectivity index (χ1) is 14.5. The fraction of sp³-hybridized carbons (Fsp3) is 0.348. The lowest BCUT2D eigenvalue weighted by Gasteiger charge is -2.26. The third-order valence-corrected chi connectivity index (χ3v) is 5.62. The van der Waals surface area contributed by atoms with Crippen LogP contribution in [0.1, 0.15) is 55.9 Å². The minimum absolute atomic E-state index is 0.0124. The van der Waals surface area contributed by atoms with Crippen molar-refractivity contribution in [1.29, 1.82) is 0 Å². The van der Waals surface area contributed by atoms with Crippen LogP contribution in [0, 0.1) is 5.82 Å². The molecule has 0 spiro atoms. The minimum Gasteiger partial charge on any atom is -0.351 e. The van der Waals surface area contributed by atoms with Gasteiger partial charge in [-0.05, 0) is 61.8 Å². The number of nitrogens with zero attached hydrogens (tertiary/aromatic N) is 2. The normalized spacial score (nSPS) is 16.6. The van der Waals surface area contributed by atoms with Crippen molar-refractivity contribution in [1.82, 2.24) is 15.1 Å². The highest BCUT2D eigenvalue weighted by molar-refractivity contribution is 6.22. The summed E-state index contributed by atoms with van der Waals surface area (Å²) in [5.41, 5.74) is 1.35. The summed E-state index contributed by atoms with van der Waals surface area (Å²) in [6.45, 7) is 3.45. The van der Waals surface area contributed by atoms with Gasteiger partial charge in [-0.15, -0.1) is 0 Å². The maximum absolute atomic E-state index is 13.4. The lowest BCUT2D eigenvalue weighted by atomic mass is 10.1. The van der Waals surface area contributed by atoms with E-state index in [1.807, 2.05) is 0 Å². The monoisotopic (exact) mass is 409 g/mol. The van der Waals surface area contributed by atoms with Crippen molar-refractivity contribution in [2.75, 3.05) is 26.2 Å². The summed E-state index contributed by atoms with van der Waals surface area (Å²) >= 11 is 0. The number of carbonyl (C=O) groups excluding carboxylic acids is 3. The Morgan fingerprint density at radius 2 is 1.73 bits per heavy atom. The molecular weight excluding hydrogens is 385 g/mol. The summed E-state index contributed by atoms with van der Waals surface area (Å²) in [5.74, 6) is -1.59. The Morgan fingerprint density at radius 1 is 0.967 bits per heavy atom. The zero-order valence-electron chi connectivity index (χ0n) is 16.7. The molecule has 2 heterocycles.